The standard InChI is InChI=1S/C15H17N3O3/c1-10(19)14-17-8-12(18-14)9-21-15(20)13(16)7-11-5-3-2-4-6-11/h2-6,8,13H,7,9,16H2,1H3,(H,17,18)/t13-/m0/s1. The monoisotopic (exact) mass is 287 g/mol. The van der Waals surface area contributed by atoms with Crippen LogP contribution in [0.15, 0.2) is 36.5 Å². The molecular formula is C15H17N3O3. The Labute approximate surface area is 122 Å². The number of benzene rings is 1. The Morgan fingerprint density at radius 2 is 2.05 bits per heavy atom. The topological polar surface area (TPSA) is 98.1 Å². The Kier molecular flexibility index (Phi) is 4.84. The van der Waals surface area contributed by atoms with Gasteiger partial charge in [0.2, 0.25) is 0 Å². The van der Waals surface area contributed by atoms with Gasteiger partial charge in [-0.15, -0.1) is 0 Å². The lowest BCUT2D eigenvalue weighted by molar-refractivity contribution is -0.146. The van der Waals surface area contributed by atoms with Crippen molar-refractivity contribution in [1.82, 2.24) is 9.97 Å². The Hall–Kier alpha value is -2.47. The zero-order valence-electron chi connectivity index (χ0n) is 11.7. The van der Waals surface area contributed by atoms with Crippen molar-refractivity contribution in [3.05, 3.63) is 53.6 Å². The van der Waals surface area contributed by atoms with Gasteiger partial charge in [-0.1, -0.05) is 30.3 Å². The molecule has 1 aromatic carbocycles. The number of aromatic nitrogens is 2. The summed E-state index contributed by atoms with van der Waals surface area (Å²) in [6.07, 6.45) is 1.95. The van der Waals surface area contributed by atoms with Crippen LogP contribution in [-0.2, 0) is 22.6 Å². The van der Waals surface area contributed by atoms with Crippen LogP contribution >= 0.6 is 0 Å². The summed E-state index contributed by atoms with van der Waals surface area (Å²) in [6, 6.07) is 8.76. The molecule has 2 aromatic rings. The molecule has 21 heavy (non-hydrogen) atoms. The molecule has 110 valence electrons. The quantitative estimate of drug-likeness (QED) is 0.615. The van der Waals surface area contributed by atoms with E-state index in [0.717, 1.165) is 5.56 Å². The largest absolute Gasteiger partial charge is 0.458 e. The summed E-state index contributed by atoms with van der Waals surface area (Å²) in [6.45, 7) is 1.40. The fourth-order valence-electron chi connectivity index (χ4n) is 1.82. The molecule has 0 amide bonds. The van der Waals surface area contributed by atoms with Crippen LogP contribution in [0.25, 0.3) is 0 Å². The van der Waals surface area contributed by atoms with Gasteiger partial charge in [-0.25, -0.2) is 4.98 Å². The SMILES string of the molecule is CC(=O)c1nc(COC(=O)[C@@H](N)Cc2ccccc2)c[nH]1. The van der Waals surface area contributed by atoms with Crippen molar-refractivity contribution >= 4 is 11.8 Å². The average molecular weight is 287 g/mol. The molecule has 0 bridgehead atoms. The van der Waals surface area contributed by atoms with E-state index in [1.54, 1.807) is 0 Å². The minimum Gasteiger partial charge on any atom is -0.458 e. The van der Waals surface area contributed by atoms with Crippen molar-refractivity contribution in [2.24, 2.45) is 5.73 Å². The third-order valence-corrected chi connectivity index (χ3v) is 2.93. The predicted octanol–water partition coefficient (Wildman–Crippen LogP) is 1.23. The zero-order valence-corrected chi connectivity index (χ0v) is 11.7. The molecule has 0 saturated heterocycles. The number of nitrogens with two attached hydrogens (primary N) is 1. The predicted molar refractivity (Wildman–Crippen MR) is 76.5 cm³/mol. The van der Waals surface area contributed by atoms with Crippen LogP contribution in [0, 0.1) is 0 Å². The molecule has 1 atom stereocenters. The van der Waals surface area contributed by atoms with Crippen molar-refractivity contribution in [1.29, 1.82) is 0 Å². The first kappa shape index (κ1) is 14.9. The van der Waals surface area contributed by atoms with Gasteiger partial charge in [0, 0.05) is 13.1 Å². The van der Waals surface area contributed by atoms with Gasteiger partial charge in [0.15, 0.2) is 11.6 Å². The maximum absolute atomic E-state index is 11.8. The maximum atomic E-state index is 11.8. The molecule has 0 spiro atoms. The van der Waals surface area contributed by atoms with Crippen LogP contribution in [0.2, 0.25) is 0 Å². The van der Waals surface area contributed by atoms with Crippen molar-refractivity contribution < 1.29 is 14.3 Å². The van der Waals surface area contributed by atoms with Crippen LogP contribution in [0.5, 0.6) is 0 Å². The van der Waals surface area contributed by atoms with Gasteiger partial charge in [0.25, 0.3) is 0 Å². The molecule has 0 unspecified atom stereocenters. The number of hydrogen-bond donors (Lipinski definition) is 2. The van der Waals surface area contributed by atoms with E-state index in [4.69, 9.17) is 10.5 Å². The van der Waals surface area contributed by atoms with Crippen LogP contribution in [0.4, 0.5) is 0 Å². The van der Waals surface area contributed by atoms with E-state index in [1.807, 2.05) is 30.3 Å². The summed E-state index contributed by atoms with van der Waals surface area (Å²) in [4.78, 5) is 29.6. The molecule has 3 N–H and O–H groups in total. The summed E-state index contributed by atoms with van der Waals surface area (Å²) in [5.74, 6) is -0.422. The smallest absolute Gasteiger partial charge is 0.323 e. The third kappa shape index (κ3) is 4.25. The number of H-pyrrole nitrogens is 1. The lowest BCUT2D eigenvalue weighted by atomic mass is 10.1. The Morgan fingerprint density at radius 3 is 2.67 bits per heavy atom. The molecule has 0 fully saturated rings. The van der Waals surface area contributed by atoms with E-state index in [9.17, 15) is 9.59 Å². The number of carbonyl (C=O) groups is 2. The van der Waals surface area contributed by atoms with Gasteiger partial charge >= 0.3 is 5.97 Å². The van der Waals surface area contributed by atoms with Crippen LogP contribution in [0.3, 0.4) is 0 Å². The summed E-state index contributed by atoms with van der Waals surface area (Å²) in [5.41, 5.74) is 7.27. The number of rotatable bonds is 6. The van der Waals surface area contributed by atoms with Crippen molar-refractivity contribution in [2.45, 2.75) is 26.0 Å². The second-order valence-corrected chi connectivity index (χ2v) is 4.70. The molecule has 2 rings (SSSR count). The number of ether oxygens (including phenoxy) is 1. The summed E-state index contributed by atoms with van der Waals surface area (Å²) < 4.78 is 5.10. The van der Waals surface area contributed by atoms with Crippen molar-refractivity contribution in [3.8, 4) is 0 Å². The number of aromatic amines is 1. The average Bonchev–Trinajstić information content (AvgIpc) is 2.95. The maximum Gasteiger partial charge on any atom is 0.323 e. The van der Waals surface area contributed by atoms with Crippen molar-refractivity contribution in [2.75, 3.05) is 0 Å². The first-order chi connectivity index (χ1) is 10.1. The third-order valence-electron chi connectivity index (χ3n) is 2.93. The molecule has 1 heterocycles. The lowest BCUT2D eigenvalue weighted by Crippen LogP contribution is -2.34. The number of nitrogens with one attached hydrogen (secondary N) is 1. The minimum atomic E-state index is -0.724. The molecule has 0 aliphatic heterocycles. The fraction of sp³-hybridized carbons (Fsp3) is 0.267. The summed E-state index contributed by atoms with van der Waals surface area (Å²) >= 11 is 0. The van der Waals surface area contributed by atoms with Gasteiger partial charge in [-0.2, -0.15) is 0 Å². The number of esters is 1. The van der Waals surface area contributed by atoms with Gasteiger partial charge in [-0.05, 0) is 12.0 Å². The summed E-state index contributed by atoms with van der Waals surface area (Å²) in [7, 11) is 0. The molecule has 6 heteroatoms. The van der Waals surface area contributed by atoms with E-state index in [1.165, 1.54) is 13.1 Å². The summed E-state index contributed by atoms with van der Waals surface area (Å²) in [5, 5.41) is 0. The highest BCUT2D eigenvalue weighted by molar-refractivity contribution is 5.90. The van der Waals surface area contributed by atoms with E-state index in [2.05, 4.69) is 9.97 Å². The van der Waals surface area contributed by atoms with E-state index in [0.29, 0.717) is 12.1 Å². The fourth-order valence-corrected chi connectivity index (χ4v) is 1.82. The molecule has 0 radical (unpaired) electrons. The molecule has 1 aromatic heterocycles. The van der Waals surface area contributed by atoms with Gasteiger partial charge in [0.05, 0.1) is 5.69 Å². The second-order valence-electron chi connectivity index (χ2n) is 4.70. The van der Waals surface area contributed by atoms with Crippen LogP contribution < -0.4 is 5.73 Å². The van der Waals surface area contributed by atoms with Gasteiger partial charge < -0.3 is 15.5 Å². The molecular weight excluding hydrogens is 270 g/mol. The first-order valence-corrected chi connectivity index (χ1v) is 6.57. The Balaban J connectivity index is 1.84. The molecule has 0 aliphatic carbocycles. The zero-order chi connectivity index (χ0) is 15.2. The molecule has 0 aliphatic rings. The van der Waals surface area contributed by atoms with Gasteiger partial charge in [0.1, 0.15) is 12.6 Å². The number of hydrogen-bond acceptors (Lipinski definition) is 5. The van der Waals surface area contributed by atoms with Crippen LogP contribution in [-0.4, -0.2) is 27.8 Å². The number of Topliss-reactive ketones (excluding diaryl/α,β-unsaturated/α-hetero) is 1. The number of carbonyl (C=O) groups excluding carboxylic acids is 2. The van der Waals surface area contributed by atoms with Gasteiger partial charge in [-0.3, -0.25) is 9.59 Å². The molecule has 0 saturated carbocycles. The number of imidazole rings is 1. The number of nitrogens with zero attached hydrogens (tertiary/aromatic N) is 1. The lowest BCUT2D eigenvalue weighted by Gasteiger charge is -2.10. The highest BCUT2D eigenvalue weighted by Crippen LogP contribution is 2.05. The first-order valence-electron chi connectivity index (χ1n) is 6.57. The Bertz CT molecular complexity index is 622. The molecule has 6 nitrogen and oxygen atoms in total. The van der Waals surface area contributed by atoms with E-state index < -0.39 is 12.0 Å². The van der Waals surface area contributed by atoms with E-state index >= 15 is 0 Å². The Morgan fingerprint density at radius 1 is 1.33 bits per heavy atom. The van der Waals surface area contributed by atoms with Crippen molar-refractivity contribution in [3.63, 3.8) is 0 Å². The van der Waals surface area contributed by atoms with Crippen LogP contribution in [0.1, 0.15) is 28.8 Å². The minimum absolute atomic E-state index is 0.00883. The highest BCUT2D eigenvalue weighted by Gasteiger charge is 2.16. The van der Waals surface area contributed by atoms with E-state index in [-0.39, 0.29) is 18.2 Å². The highest BCUT2D eigenvalue weighted by atomic mass is 16.5. The second kappa shape index (κ2) is 6.81. The normalized spacial score (nSPS) is 11.9. The number of ketones is 1.